The van der Waals surface area contributed by atoms with Gasteiger partial charge in [-0.1, -0.05) is 0 Å². The number of methoxy groups -OCH3 is 1. The molecule has 0 aliphatic carbocycles. The number of rotatable bonds is 7. The summed E-state index contributed by atoms with van der Waals surface area (Å²) < 4.78 is 9.82. The number of nitrogens with two attached hydrogens (primary N) is 1. The smallest absolute Gasteiger partial charge is 0.404 e. The van der Waals surface area contributed by atoms with E-state index in [-0.39, 0.29) is 6.61 Å². The van der Waals surface area contributed by atoms with Gasteiger partial charge in [-0.15, -0.1) is 0 Å². The summed E-state index contributed by atoms with van der Waals surface area (Å²) in [5, 5.41) is 6.02. The fourth-order valence-corrected chi connectivity index (χ4v) is 1.31. The third-order valence-electron chi connectivity index (χ3n) is 1.99. The number of carbonyl (C=O) groups is 1. The molecular weight excluding hydrogens is 238 g/mol. The zero-order chi connectivity index (χ0) is 13.4. The van der Waals surface area contributed by atoms with Crippen molar-refractivity contribution in [3.63, 3.8) is 0 Å². The van der Waals surface area contributed by atoms with Crippen LogP contribution in [0.15, 0.2) is 6.33 Å². The Kier molecular flexibility index (Phi) is 5.49. The van der Waals surface area contributed by atoms with E-state index in [1.165, 1.54) is 13.4 Å². The van der Waals surface area contributed by atoms with Crippen molar-refractivity contribution >= 4 is 17.7 Å². The molecule has 0 atom stereocenters. The second-order valence-electron chi connectivity index (χ2n) is 3.23. The van der Waals surface area contributed by atoms with Crippen LogP contribution in [0.2, 0.25) is 0 Å². The van der Waals surface area contributed by atoms with E-state index in [2.05, 4.69) is 25.3 Å². The van der Waals surface area contributed by atoms with Crippen LogP contribution in [0.3, 0.4) is 0 Å². The van der Waals surface area contributed by atoms with Crippen molar-refractivity contribution in [2.45, 2.75) is 6.92 Å². The second kappa shape index (κ2) is 7.15. The molecule has 1 amide bonds. The zero-order valence-electron chi connectivity index (χ0n) is 10.4. The molecule has 0 unspecified atom stereocenters. The number of amides is 1. The molecule has 0 aliphatic heterocycles. The standard InChI is InChI=1S/C10H17N5O3/c1-3-12-8-7(17-2)9(15-6-14-8)13-4-5-18-10(11)16/h6H,3-5H2,1-2H3,(H2,11,16)(H2,12,13,14,15). The molecule has 0 aromatic carbocycles. The number of aromatic nitrogens is 2. The van der Waals surface area contributed by atoms with Crippen LogP contribution in [0, 0.1) is 0 Å². The normalized spacial score (nSPS) is 9.67. The molecule has 1 rings (SSSR count). The molecule has 100 valence electrons. The maximum atomic E-state index is 10.4. The first kappa shape index (κ1) is 13.8. The minimum atomic E-state index is -0.806. The summed E-state index contributed by atoms with van der Waals surface area (Å²) >= 11 is 0. The van der Waals surface area contributed by atoms with Gasteiger partial charge < -0.3 is 25.8 Å². The van der Waals surface area contributed by atoms with Crippen LogP contribution in [0.5, 0.6) is 5.75 Å². The number of nitrogens with zero attached hydrogens (tertiary/aromatic N) is 2. The van der Waals surface area contributed by atoms with E-state index in [0.717, 1.165) is 6.54 Å². The van der Waals surface area contributed by atoms with E-state index >= 15 is 0 Å². The Hall–Kier alpha value is -2.25. The fourth-order valence-electron chi connectivity index (χ4n) is 1.31. The Bertz CT molecular complexity index is 399. The predicted molar refractivity (Wildman–Crippen MR) is 66.8 cm³/mol. The highest BCUT2D eigenvalue weighted by Crippen LogP contribution is 2.28. The Morgan fingerprint density at radius 1 is 1.39 bits per heavy atom. The van der Waals surface area contributed by atoms with Gasteiger partial charge in [0.25, 0.3) is 0 Å². The van der Waals surface area contributed by atoms with Crippen LogP contribution in [0.1, 0.15) is 6.92 Å². The van der Waals surface area contributed by atoms with Gasteiger partial charge >= 0.3 is 6.09 Å². The molecule has 0 spiro atoms. The number of carbonyl (C=O) groups excluding carboxylic acids is 1. The minimum Gasteiger partial charge on any atom is -0.490 e. The van der Waals surface area contributed by atoms with E-state index in [9.17, 15) is 4.79 Å². The highest BCUT2D eigenvalue weighted by atomic mass is 16.5. The lowest BCUT2D eigenvalue weighted by Crippen LogP contribution is -2.19. The van der Waals surface area contributed by atoms with Crippen LogP contribution in [0.25, 0.3) is 0 Å². The van der Waals surface area contributed by atoms with E-state index in [1.807, 2.05) is 6.92 Å². The van der Waals surface area contributed by atoms with Crippen molar-refractivity contribution < 1.29 is 14.3 Å². The predicted octanol–water partition coefficient (Wildman–Crippen LogP) is 0.424. The van der Waals surface area contributed by atoms with Gasteiger partial charge in [0.05, 0.1) is 13.7 Å². The largest absolute Gasteiger partial charge is 0.490 e. The Morgan fingerprint density at radius 3 is 2.61 bits per heavy atom. The molecule has 18 heavy (non-hydrogen) atoms. The van der Waals surface area contributed by atoms with Gasteiger partial charge in [0.1, 0.15) is 12.9 Å². The van der Waals surface area contributed by atoms with Crippen LogP contribution in [-0.2, 0) is 4.74 Å². The van der Waals surface area contributed by atoms with E-state index in [0.29, 0.717) is 23.9 Å². The topological polar surface area (TPSA) is 111 Å². The number of hydrogen-bond donors (Lipinski definition) is 3. The average Bonchev–Trinajstić information content (AvgIpc) is 2.35. The molecule has 0 bridgehead atoms. The first-order chi connectivity index (χ1) is 8.69. The molecule has 0 radical (unpaired) electrons. The van der Waals surface area contributed by atoms with Crippen molar-refractivity contribution in [3.05, 3.63) is 6.33 Å². The average molecular weight is 255 g/mol. The number of anilines is 2. The second-order valence-corrected chi connectivity index (χ2v) is 3.23. The molecule has 0 fully saturated rings. The molecule has 1 aromatic heterocycles. The summed E-state index contributed by atoms with van der Waals surface area (Å²) in [6.07, 6.45) is 0.609. The lowest BCUT2D eigenvalue weighted by Gasteiger charge is -2.13. The number of primary amides is 1. The first-order valence-corrected chi connectivity index (χ1v) is 5.48. The highest BCUT2D eigenvalue weighted by molar-refractivity contribution is 5.65. The summed E-state index contributed by atoms with van der Waals surface area (Å²) in [5.41, 5.74) is 4.84. The van der Waals surface area contributed by atoms with Crippen molar-refractivity contribution in [2.75, 3.05) is 37.4 Å². The van der Waals surface area contributed by atoms with Crippen LogP contribution < -0.4 is 21.1 Å². The lowest BCUT2D eigenvalue weighted by molar-refractivity contribution is 0.161. The van der Waals surface area contributed by atoms with Gasteiger partial charge in [-0.05, 0) is 6.92 Å². The highest BCUT2D eigenvalue weighted by Gasteiger charge is 2.10. The molecule has 1 heterocycles. The molecule has 4 N–H and O–H groups in total. The Balaban J connectivity index is 2.63. The number of nitrogens with one attached hydrogen (secondary N) is 2. The summed E-state index contributed by atoms with van der Waals surface area (Å²) in [6.45, 7) is 3.20. The lowest BCUT2D eigenvalue weighted by atomic mass is 10.4. The van der Waals surface area contributed by atoms with E-state index in [1.54, 1.807) is 0 Å². The fraction of sp³-hybridized carbons (Fsp3) is 0.500. The number of ether oxygens (including phenoxy) is 2. The number of hydrogen-bond acceptors (Lipinski definition) is 7. The molecule has 0 saturated heterocycles. The van der Waals surface area contributed by atoms with Crippen molar-refractivity contribution in [1.29, 1.82) is 0 Å². The third kappa shape index (κ3) is 3.96. The van der Waals surface area contributed by atoms with Crippen molar-refractivity contribution in [3.8, 4) is 5.75 Å². The van der Waals surface area contributed by atoms with Crippen LogP contribution in [-0.4, -0.2) is 42.9 Å². The van der Waals surface area contributed by atoms with Gasteiger partial charge in [-0.2, -0.15) is 0 Å². The van der Waals surface area contributed by atoms with Crippen molar-refractivity contribution in [2.24, 2.45) is 5.73 Å². The monoisotopic (exact) mass is 255 g/mol. The van der Waals surface area contributed by atoms with Gasteiger partial charge in [-0.25, -0.2) is 14.8 Å². The quantitative estimate of drug-likeness (QED) is 0.605. The maximum Gasteiger partial charge on any atom is 0.404 e. The zero-order valence-corrected chi connectivity index (χ0v) is 10.4. The minimum absolute atomic E-state index is 0.152. The van der Waals surface area contributed by atoms with Crippen LogP contribution in [0.4, 0.5) is 16.4 Å². The summed E-state index contributed by atoms with van der Waals surface area (Å²) in [5.74, 6) is 1.64. The maximum absolute atomic E-state index is 10.4. The summed E-state index contributed by atoms with van der Waals surface area (Å²) in [6, 6.07) is 0. The first-order valence-electron chi connectivity index (χ1n) is 5.48. The Morgan fingerprint density at radius 2 is 2.06 bits per heavy atom. The third-order valence-corrected chi connectivity index (χ3v) is 1.99. The molecular formula is C10H17N5O3. The SMILES string of the molecule is CCNc1ncnc(NCCOC(N)=O)c1OC. The molecule has 8 nitrogen and oxygen atoms in total. The molecule has 0 aliphatic rings. The van der Waals surface area contributed by atoms with E-state index in [4.69, 9.17) is 10.5 Å². The molecule has 1 aromatic rings. The van der Waals surface area contributed by atoms with Crippen molar-refractivity contribution in [1.82, 2.24) is 9.97 Å². The van der Waals surface area contributed by atoms with Gasteiger partial charge in [-0.3, -0.25) is 0 Å². The summed E-state index contributed by atoms with van der Waals surface area (Å²) in [4.78, 5) is 18.5. The summed E-state index contributed by atoms with van der Waals surface area (Å²) in [7, 11) is 1.53. The van der Waals surface area contributed by atoms with Gasteiger partial charge in [0.15, 0.2) is 11.6 Å². The van der Waals surface area contributed by atoms with Crippen LogP contribution >= 0.6 is 0 Å². The molecule has 0 saturated carbocycles. The van der Waals surface area contributed by atoms with Gasteiger partial charge in [0, 0.05) is 6.54 Å². The van der Waals surface area contributed by atoms with Gasteiger partial charge in [0.2, 0.25) is 5.75 Å². The molecule has 8 heteroatoms. The van der Waals surface area contributed by atoms with E-state index < -0.39 is 6.09 Å². The Labute approximate surface area is 105 Å².